The number of hydrogen-bond donors (Lipinski definition) is 2. The molecule has 0 atom stereocenters. The quantitative estimate of drug-likeness (QED) is 0.810. The van der Waals surface area contributed by atoms with E-state index in [-0.39, 0.29) is 0 Å². The number of piperidine rings is 1. The van der Waals surface area contributed by atoms with E-state index < -0.39 is 0 Å². The van der Waals surface area contributed by atoms with E-state index in [0.29, 0.717) is 6.04 Å². The van der Waals surface area contributed by atoms with Crippen molar-refractivity contribution in [3.63, 3.8) is 0 Å². The Labute approximate surface area is 98.8 Å². The Hall–Kier alpha value is -0.610. The van der Waals surface area contributed by atoms with Crippen LogP contribution in [0, 0.1) is 6.92 Å². The molecule has 1 fully saturated rings. The zero-order valence-corrected chi connectivity index (χ0v) is 10.5. The molecule has 0 amide bonds. The molecule has 0 aromatic carbocycles. The predicted octanol–water partition coefficient (Wildman–Crippen LogP) is 2.32. The number of nitrogens with zero attached hydrogens (tertiary/aromatic N) is 1. The standard InChI is InChI=1S/C11H16BrN3/c1-8-6-10(7-14-11(8)12)15-9-2-4-13-5-3-9/h6-7,9,13,15H,2-5H2,1H3. The smallest absolute Gasteiger partial charge is 0.109 e. The Morgan fingerprint density at radius 2 is 2.20 bits per heavy atom. The molecule has 15 heavy (non-hydrogen) atoms. The molecule has 3 nitrogen and oxygen atoms in total. The van der Waals surface area contributed by atoms with Crippen molar-refractivity contribution < 1.29 is 0 Å². The lowest BCUT2D eigenvalue weighted by Gasteiger charge is -2.24. The summed E-state index contributed by atoms with van der Waals surface area (Å²) in [7, 11) is 0. The van der Waals surface area contributed by atoms with Crippen molar-refractivity contribution in [2.24, 2.45) is 0 Å². The maximum atomic E-state index is 4.28. The second-order valence-corrected chi connectivity index (χ2v) is 4.75. The third kappa shape index (κ3) is 2.92. The van der Waals surface area contributed by atoms with Gasteiger partial charge in [-0.15, -0.1) is 0 Å². The zero-order chi connectivity index (χ0) is 10.7. The molecule has 1 aromatic heterocycles. The number of pyridine rings is 1. The predicted molar refractivity (Wildman–Crippen MR) is 66.2 cm³/mol. The van der Waals surface area contributed by atoms with Crippen molar-refractivity contribution in [3.05, 3.63) is 22.4 Å². The maximum absolute atomic E-state index is 4.28. The topological polar surface area (TPSA) is 37.0 Å². The summed E-state index contributed by atoms with van der Waals surface area (Å²) in [5, 5.41) is 6.88. The molecule has 1 aliphatic rings. The molecule has 1 aliphatic heterocycles. The molecule has 0 radical (unpaired) electrons. The van der Waals surface area contributed by atoms with Crippen molar-refractivity contribution in [3.8, 4) is 0 Å². The first-order valence-corrected chi connectivity index (χ1v) is 6.14. The van der Waals surface area contributed by atoms with E-state index in [1.165, 1.54) is 18.4 Å². The molecule has 82 valence electrons. The molecule has 0 aliphatic carbocycles. The van der Waals surface area contributed by atoms with Crippen molar-refractivity contribution in [1.29, 1.82) is 0 Å². The van der Waals surface area contributed by atoms with Crippen LogP contribution in [0.15, 0.2) is 16.9 Å². The highest BCUT2D eigenvalue weighted by Gasteiger charge is 2.12. The molecule has 0 unspecified atom stereocenters. The van der Waals surface area contributed by atoms with Gasteiger partial charge in [0.25, 0.3) is 0 Å². The molecule has 2 rings (SSSR count). The highest BCUT2D eigenvalue weighted by atomic mass is 79.9. The van der Waals surface area contributed by atoms with Crippen molar-refractivity contribution in [2.45, 2.75) is 25.8 Å². The number of hydrogen-bond acceptors (Lipinski definition) is 3. The highest BCUT2D eigenvalue weighted by Crippen LogP contribution is 2.18. The van der Waals surface area contributed by atoms with Crippen LogP contribution in [0.5, 0.6) is 0 Å². The third-order valence-corrected chi connectivity index (χ3v) is 3.55. The van der Waals surface area contributed by atoms with E-state index in [1.807, 2.05) is 6.20 Å². The van der Waals surface area contributed by atoms with Gasteiger partial charge in [-0.25, -0.2) is 4.98 Å². The van der Waals surface area contributed by atoms with Crippen LogP contribution < -0.4 is 10.6 Å². The van der Waals surface area contributed by atoms with Crippen LogP contribution in [-0.4, -0.2) is 24.1 Å². The van der Waals surface area contributed by atoms with Gasteiger partial charge in [0.1, 0.15) is 4.60 Å². The first kappa shape index (κ1) is 10.9. The van der Waals surface area contributed by atoms with Gasteiger partial charge in [-0.1, -0.05) is 0 Å². The molecule has 1 saturated heterocycles. The van der Waals surface area contributed by atoms with Crippen molar-refractivity contribution in [1.82, 2.24) is 10.3 Å². The van der Waals surface area contributed by atoms with Gasteiger partial charge >= 0.3 is 0 Å². The minimum atomic E-state index is 0.591. The summed E-state index contributed by atoms with van der Waals surface area (Å²) in [6, 6.07) is 2.73. The summed E-state index contributed by atoms with van der Waals surface area (Å²) in [6.45, 7) is 4.28. The fraction of sp³-hybridized carbons (Fsp3) is 0.545. The molecule has 0 spiro atoms. The summed E-state index contributed by atoms with van der Waals surface area (Å²) >= 11 is 3.41. The van der Waals surface area contributed by atoms with Gasteiger partial charge in [-0.2, -0.15) is 0 Å². The number of anilines is 1. The van der Waals surface area contributed by atoms with Gasteiger partial charge in [0.2, 0.25) is 0 Å². The van der Waals surface area contributed by atoms with E-state index in [1.54, 1.807) is 0 Å². The Bertz CT molecular complexity index is 335. The Morgan fingerprint density at radius 1 is 1.47 bits per heavy atom. The monoisotopic (exact) mass is 269 g/mol. The minimum Gasteiger partial charge on any atom is -0.381 e. The molecule has 0 bridgehead atoms. The van der Waals surface area contributed by atoms with Crippen LogP contribution in [0.4, 0.5) is 5.69 Å². The zero-order valence-electron chi connectivity index (χ0n) is 8.89. The summed E-state index contributed by atoms with van der Waals surface area (Å²) in [5.74, 6) is 0. The SMILES string of the molecule is Cc1cc(NC2CCNCC2)cnc1Br. The van der Waals surface area contributed by atoms with Crippen LogP contribution in [0.1, 0.15) is 18.4 Å². The third-order valence-electron chi connectivity index (χ3n) is 2.72. The number of rotatable bonds is 2. The molecule has 1 aromatic rings. The molecule has 2 N–H and O–H groups in total. The minimum absolute atomic E-state index is 0.591. The molecular formula is C11H16BrN3. The number of aromatic nitrogens is 1. The number of nitrogens with one attached hydrogen (secondary N) is 2. The second-order valence-electron chi connectivity index (χ2n) is 4.00. The Balaban J connectivity index is 2.00. The molecule has 2 heterocycles. The average molecular weight is 270 g/mol. The van der Waals surface area contributed by atoms with E-state index in [0.717, 1.165) is 23.4 Å². The summed E-state index contributed by atoms with van der Waals surface area (Å²) in [4.78, 5) is 4.28. The molecule has 0 saturated carbocycles. The van der Waals surface area contributed by atoms with Crippen molar-refractivity contribution in [2.75, 3.05) is 18.4 Å². The summed E-state index contributed by atoms with van der Waals surface area (Å²) < 4.78 is 0.929. The summed E-state index contributed by atoms with van der Waals surface area (Å²) in [6.07, 6.45) is 4.27. The lowest BCUT2D eigenvalue weighted by Crippen LogP contribution is -2.35. The lowest BCUT2D eigenvalue weighted by atomic mass is 10.1. The maximum Gasteiger partial charge on any atom is 0.109 e. The first-order chi connectivity index (χ1) is 7.25. The van der Waals surface area contributed by atoms with Gasteiger partial charge in [0, 0.05) is 6.04 Å². The first-order valence-electron chi connectivity index (χ1n) is 5.35. The largest absolute Gasteiger partial charge is 0.381 e. The van der Waals surface area contributed by atoms with E-state index in [2.05, 4.69) is 44.5 Å². The second kappa shape index (κ2) is 4.94. The van der Waals surface area contributed by atoms with Crippen molar-refractivity contribution >= 4 is 21.6 Å². The van der Waals surface area contributed by atoms with Crippen LogP contribution in [0.3, 0.4) is 0 Å². The van der Waals surface area contributed by atoms with Crippen LogP contribution >= 0.6 is 15.9 Å². The van der Waals surface area contributed by atoms with E-state index >= 15 is 0 Å². The van der Waals surface area contributed by atoms with Gasteiger partial charge in [0.05, 0.1) is 11.9 Å². The Morgan fingerprint density at radius 3 is 2.87 bits per heavy atom. The van der Waals surface area contributed by atoms with Gasteiger partial charge < -0.3 is 10.6 Å². The normalized spacial score (nSPS) is 17.7. The van der Waals surface area contributed by atoms with Gasteiger partial charge in [0.15, 0.2) is 0 Å². The molecule has 4 heteroatoms. The fourth-order valence-corrected chi connectivity index (χ4v) is 2.06. The van der Waals surface area contributed by atoms with Gasteiger partial charge in [-0.3, -0.25) is 0 Å². The highest BCUT2D eigenvalue weighted by molar-refractivity contribution is 9.10. The molecular weight excluding hydrogens is 254 g/mol. The summed E-state index contributed by atoms with van der Waals surface area (Å²) in [5.41, 5.74) is 2.30. The van der Waals surface area contributed by atoms with Crippen LogP contribution in [-0.2, 0) is 0 Å². The van der Waals surface area contributed by atoms with Crippen LogP contribution in [0.25, 0.3) is 0 Å². The lowest BCUT2D eigenvalue weighted by molar-refractivity contribution is 0.479. The number of halogens is 1. The van der Waals surface area contributed by atoms with E-state index in [9.17, 15) is 0 Å². The van der Waals surface area contributed by atoms with E-state index in [4.69, 9.17) is 0 Å². The van der Waals surface area contributed by atoms with Crippen LogP contribution in [0.2, 0.25) is 0 Å². The number of aryl methyl sites for hydroxylation is 1. The Kier molecular flexibility index (Phi) is 3.59. The fourth-order valence-electron chi connectivity index (χ4n) is 1.84. The van der Waals surface area contributed by atoms with Gasteiger partial charge in [-0.05, 0) is 60.4 Å². The average Bonchev–Trinajstić information content (AvgIpc) is 2.25.